The molecule has 2 aliphatic rings. The first-order chi connectivity index (χ1) is 10.1. The zero-order valence-corrected chi connectivity index (χ0v) is 13.5. The molecule has 2 aliphatic heterocycles. The second-order valence-electron chi connectivity index (χ2n) is 6.88. The van der Waals surface area contributed by atoms with Crippen molar-refractivity contribution >= 4 is 0 Å². The highest BCUT2D eigenvalue weighted by atomic mass is 16.5. The van der Waals surface area contributed by atoms with Crippen LogP contribution in [0.4, 0.5) is 0 Å². The van der Waals surface area contributed by atoms with Gasteiger partial charge < -0.3 is 10.1 Å². The summed E-state index contributed by atoms with van der Waals surface area (Å²) in [7, 11) is 0. The molecule has 1 aromatic rings. The highest BCUT2D eigenvalue weighted by Crippen LogP contribution is 2.29. The number of benzene rings is 1. The molecule has 0 radical (unpaired) electrons. The zero-order valence-electron chi connectivity index (χ0n) is 13.5. The Morgan fingerprint density at radius 3 is 2.95 bits per heavy atom. The maximum Gasteiger partial charge on any atom is 0.0954 e. The van der Waals surface area contributed by atoms with E-state index in [-0.39, 0.29) is 6.10 Å². The number of nitrogens with zero attached hydrogens (tertiary/aromatic N) is 1. The van der Waals surface area contributed by atoms with Gasteiger partial charge in [-0.15, -0.1) is 0 Å². The Bertz CT molecular complexity index is 474. The normalized spacial score (nSPS) is 30.4. The molecule has 0 spiro atoms. The van der Waals surface area contributed by atoms with Crippen molar-refractivity contribution in [3.05, 3.63) is 35.4 Å². The Morgan fingerprint density at radius 2 is 2.14 bits per heavy atom. The summed E-state index contributed by atoms with van der Waals surface area (Å²) in [4.78, 5) is 2.64. The molecule has 0 aliphatic carbocycles. The van der Waals surface area contributed by atoms with E-state index in [9.17, 15) is 0 Å². The fourth-order valence-electron chi connectivity index (χ4n) is 3.71. The van der Waals surface area contributed by atoms with E-state index < -0.39 is 0 Å². The number of hydrogen-bond acceptors (Lipinski definition) is 3. The number of hydrogen-bond donors (Lipinski definition) is 1. The monoisotopic (exact) mass is 288 g/mol. The molecule has 3 atom stereocenters. The molecule has 2 heterocycles. The third-order valence-electron chi connectivity index (χ3n) is 4.92. The minimum Gasteiger partial charge on any atom is -0.372 e. The van der Waals surface area contributed by atoms with Crippen molar-refractivity contribution in [2.24, 2.45) is 5.92 Å². The molecule has 0 saturated carbocycles. The van der Waals surface area contributed by atoms with Crippen molar-refractivity contribution in [3.8, 4) is 0 Å². The van der Waals surface area contributed by atoms with E-state index in [4.69, 9.17) is 4.74 Å². The molecule has 1 fully saturated rings. The summed E-state index contributed by atoms with van der Waals surface area (Å²) in [6.45, 7) is 11.0. The van der Waals surface area contributed by atoms with E-state index in [1.54, 1.807) is 0 Å². The molecule has 116 valence electrons. The molecular weight excluding hydrogens is 260 g/mol. The second-order valence-corrected chi connectivity index (χ2v) is 6.88. The van der Waals surface area contributed by atoms with Gasteiger partial charge in [0, 0.05) is 31.7 Å². The fraction of sp³-hybridized carbons (Fsp3) is 0.667. The van der Waals surface area contributed by atoms with Crippen LogP contribution in [0.15, 0.2) is 24.3 Å². The summed E-state index contributed by atoms with van der Waals surface area (Å²) >= 11 is 0. The van der Waals surface area contributed by atoms with Crippen LogP contribution in [0.25, 0.3) is 0 Å². The van der Waals surface area contributed by atoms with Crippen molar-refractivity contribution in [3.63, 3.8) is 0 Å². The van der Waals surface area contributed by atoms with Crippen LogP contribution in [0.2, 0.25) is 0 Å². The van der Waals surface area contributed by atoms with Crippen LogP contribution in [0.1, 0.15) is 38.0 Å². The van der Waals surface area contributed by atoms with Crippen LogP contribution in [0, 0.1) is 5.92 Å². The van der Waals surface area contributed by atoms with E-state index in [0.29, 0.717) is 18.0 Å². The first-order valence-electron chi connectivity index (χ1n) is 8.32. The van der Waals surface area contributed by atoms with Crippen molar-refractivity contribution in [1.82, 2.24) is 10.2 Å². The largest absolute Gasteiger partial charge is 0.372 e. The van der Waals surface area contributed by atoms with Gasteiger partial charge in [0.25, 0.3) is 0 Å². The lowest BCUT2D eigenvalue weighted by atomic mass is 9.94. The van der Waals surface area contributed by atoms with Gasteiger partial charge in [0.05, 0.1) is 12.7 Å². The topological polar surface area (TPSA) is 24.5 Å². The van der Waals surface area contributed by atoms with Gasteiger partial charge in [0.15, 0.2) is 0 Å². The Morgan fingerprint density at radius 1 is 1.33 bits per heavy atom. The zero-order chi connectivity index (χ0) is 14.8. The predicted octanol–water partition coefficient (Wildman–Crippen LogP) is 2.62. The summed E-state index contributed by atoms with van der Waals surface area (Å²) in [5.41, 5.74) is 2.87. The molecule has 21 heavy (non-hydrogen) atoms. The summed E-state index contributed by atoms with van der Waals surface area (Å²) in [5.74, 6) is 0.670. The van der Waals surface area contributed by atoms with Crippen molar-refractivity contribution in [2.75, 3.05) is 26.2 Å². The molecular formula is C18H28N2O. The van der Waals surface area contributed by atoms with Crippen LogP contribution < -0.4 is 5.32 Å². The molecule has 1 N–H and O–H groups in total. The van der Waals surface area contributed by atoms with Gasteiger partial charge in [-0.2, -0.15) is 0 Å². The minimum absolute atomic E-state index is 0.237. The molecule has 0 amide bonds. The average molecular weight is 288 g/mol. The maximum atomic E-state index is 6.11. The molecule has 0 aromatic heterocycles. The van der Waals surface area contributed by atoms with E-state index in [0.717, 1.165) is 32.7 Å². The summed E-state index contributed by atoms with van der Waals surface area (Å²) in [6, 6.07) is 9.96. The lowest BCUT2D eigenvalue weighted by Crippen LogP contribution is -2.58. The fourth-order valence-corrected chi connectivity index (χ4v) is 3.71. The number of rotatable bonds is 3. The number of fused-ring (bicyclic) bond motifs is 1. The molecule has 1 aromatic carbocycles. The predicted molar refractivity (Wildman–Crippen MR) is 86.5 cm³/mol. The SMILES string of the molecule is CC1CN(CC2OCCc3ccccc32)C(C(C)C)CN1. The van der Waals surface area contributed by atoms with Crippen LogP contribution >= 0.6 is 0 Å². The lowest BCUT2D eigenvalue weighted by molar-refractivity contribution is -0.0100. The van der Waals surface area contributed by atoms with Crippen molar-refractivity contribution in [1.29, 1.82) is 0 Å². The van der Waals surface area contributed by atoms with Crippen LogP contribution in [0.5, 0.6) is 0 Å². The molecule has 1 saturated heterocycles. The molecule has 3 unspecified atom stereocenters. The van der Waals surface area contributed by atoms with Gasteiger partial charge in [-0.3, -0.25) is 4.90 Å². The van der Waals surface area contributed by atoms with E-state index >= 15 is 0 Å². The standard InChI is InChI=1S/C18H28N2O/c1-13(2)17-10-19-14(3)11-20(17)12-18-16-7-5-4-6-15(16)8-9-21-18/h4-7,13-14,17-19H,8-12H2,1-3H3. The van der Waals surface area contributed by atoms with Crippen LogP contribution in [-0.4, -0.2) is 43.2 Å². The highest BCUT2D eigenvalue weighted by molar-refractivity contribution is 5.31. The second kappa shape index (κ2) is 6.47. The van der Waals surface area contributed by atoms with E-state index in [2.05, 4.69) is 55.3 Å². The molecule has 3 nitrogen and oxygen atoms in total. The average Bonchev–Trinajstić information content (AvgIpc) is 2.47. The smallest absolute Gasteiger partial charge is 0.0954 e. The van der Waals surface area contributed by atoms with Gasteiger partial charge in [-0.05, 0) is 30.4 Å². The Balaban J connectivity index is 1.76. The van der Waals surface area contributed by atoms with E-state index in [1.165, 1.54) is 11.1 Å². The summed E-state index contributed by atoms with van der Waals surface area (Å²) in [6.07, 6.45) is 1.29. The lowest BCUT2D eigenvalue weighted by Gasteiger charge is -2.43. The third-order valence-corrected chi connectivity index (χ3v) is 4.92. The Labute approximate surface area is 128 Å². The van der Waals surface area contributed by atoms with E-state index in [1.807, 2.05) is 0 Å². The van der Waals surface area contributed by atoms with Gasteiger partial charge in [-0.1, -0.05) is 38.1 Å². The minimum atomic E-state index is 0.237. The Kier molecular flexibility index (Phi) is 4.63. The van der Waals surface area contributed by atoms with Crippen molar-refractivity contribution in [2.45, 2.75) is 45.4 Å². The first kappa shape index (κ1) is 15.0. The molecule has 3 rings (SSSR count). The first-order valence-corrected chi connectivity index (χ1v) is 8.32. The number of nitrogens with one attached hydrogen (secondary N) is 1. The summed E-state index contributed by atoms with van der Waals surface area (Å²) in [5, 5.41) is 3.62. The van der Waals surface area contributed by atoms with Gasteiger partial charge >= 0.3 is 0 Å². The quantitative estimate of drug-likeness (QED) is 0.925. The van der Waals surface area contributed by atoms with Gasteiger partial charge in [0.1, 0.15) is 0 Å². The van der Waals surface area contributed by atoms with Gasteiger partial charge in [0.2, 0.25) is 0 Å². The Hall–Kier alpha value is -0.900. The van der Waals surface area contributed by atoms with Crippen LogP contribution in [-0.2, 0) is 11.2 Å². The molecule has 3 heteroatoms. The van der Waals surface area contributed by atoms with Gasteiger partial charge in [-0.25, -0.2) is 0 Å². The van der Waals surface area contributed by atoms with Crippen LogP contribution in [0.3, 0.4) is 0 Å². The molecule has 0 bridgehead atoms. The third kappa shape index (κ3) is 3.31. The highest BCUT2D eigenvalue weighted by Gasteiger charge is 2.31. The summed E-state index contributed by atoms with van der Waals surface area (Å²) < 4.78 is 6.11. The number of ether oxygens (including phenoxy) is 1. The van der Waals surface area contributed by atoms with Crippen molar-refractivity contribution < 1.29 is 4.74 Å². The maximum absolute atomic E-state index is 6.11. The number of piperazine rings is 1.